The van der Waals surface area contributed by atoms with Gasteiger partial charge in [0.25, 0.3) is 0 Å². The summed E-state index contributed by atoms with van der Waals surface area (Å²) in [6, 6.07) is 8.01. The molecule has 0 saturated heterocycles. The normalized spacial score (nSPS) is 21.3. The van der Waals surface area contributed by atoms with Gasteiger partial charge in [-0.3, -0.25) is 9.69 Å². The molecule has 1 aromatic heterocycles. The van der Waals surface area contributed by atoms with Crippen LogP contribution < -0.4 is 10.6 Å². The Morgan fingerprint density at radius 2 is 2.22 bits per heavy atom. The van der Waals surface area contributed by atoms with Crippen LogP contribution in [-0.2, 0) is 17.6 Å². The standard InChI is InChI=1S/C18H22N4O/c1-2-5-13-11-20-16(21-13)15-10-12-6-3-4-7-14(12)22(15)17(23)18(19)8-9-18/h3-4,6-7,11,15H,2,5,8-10,19H2,1H3,(H,20,21). The van der Waals surface area contributed by atoms with Crippen molar-refractivity contribution in [3.05, 3.63) is 47.5 Å². The van der Waals surface area contributed by atoms with Crippen LogP contribution >= 0.6 is 0 Å². The number of anilines is 1. The fourth-order valence-corrected chi connectivity index (χ4v) is 3.39. The molecule has 120 valence electrons. The zero-order valence-corrected chi connectivity index (χ0v) is 13.4. The second kappa shape index (κ2) is 5.20. The number of hydrogen-bond acceptors (Lipinski definition) is 3. The van der Waals surface area contributed by atoms with Crippen molar-refractivity contribution in [1.29, 1.82) is 0 Å². The number of amides is 1. The summed E-state index contributed by atoms with van der Waals surface area (Å²) in [5.74, 6) is 0.892. The number of rotatable bonds is 4. The van der Waals surface area contributed by atoms with Crippen LogP contribution in [0.1, 0.15) is 49.3 Å². The maximum Gasteiger partial charge on any atom is 0.247 e. The number of carbonyl (C=O) groups is 1. The van der Waals surface area contributed by atoms with Gasteiger partial charge in [-0.15, -0.1) is 0 Å². The number of aromatic amines is 1. The number of nitrogens with two attached hydrogens (primary N) is 1. The maximum absolute atomic E-state index is 13.0. The van der Waals surface area contributed by atoms with Gasteiger partial charge >= 0.3 is 0 Å². The summed E-state index contributed by atoms with van der Waals surface area (Å²) in [5, 5.41) is 0. The number of aryl methyl sites for hydroxylation is 1. The van der Waals surface area contributed by atoms with Gasteiger partial charge < -0.3 is 10.7 Å². The van der Waals surface area contributed by atoms with Crippen LogP contribution in [0, 0.1) is 0 Å². The van der Waals surface area contributed by atoms with Crippen molar-refractivity contribution in [3.8, 4) is 0 Å². The molecule has 0 bridgehead atoms. The number of fused-ring (bicyclic) bond motifs is 1. The van der Waals surface area contributed by atoms with E-state index in [1.54, 1.807) is 0 Å². The quantitative estimate of drug-likeness (QED) is 0.911. The molecule has 2 heterocycles. The lowest BCUT2D eigenvalue weighted by Gasteiger charge is -2.27. The first-order valence-corrected chi connectivity index (χ1v) is 8.36. The molecule has 2 aliphatic rings. The summed E-state index contributed by atoms with van der Waals surface area (Å²) < 4.78 is 0. The highest BCUT2D eigenvalue weighted by molar-refractivity contribution is 6.04. The number of imidazole rings is 1. The topological polar surface area (TPSA) is 75.0 Å². The fraction of sp³-hybridized carbons (Fsp3) is 0.444. The molecule has 1 aliphatic carbocycles. The van der Waals surface area contributed by atoms with Crippen LogP contribution in [0.3, 0.4) is 0 Å². The van der Waals surface area contributed by atoms with E-state index >= 15 is 0 Å². The highest BCUT2D eigenvalue weighted by atomic mass is 16.2. The second-order valence-corrected chi connectivity index (χ2v) is 6.72. The first kappa shape index (κ1) is 14.5. The van der Waals surface area contributed by atoms with E-state index < -0.39 is 5.54 Å². The molecule has 0 radical (unpaired) electrons. The summed E-state index contributed by atoms with van der Waals surface area (Å²) in [5.41, 5.74) is 8.81. The molecular weight excluding hydrogens is 288 g/mol. The van der Waals surface area contributed by atoms with Gasteiger partial charge in [0.1, 0.15) is 5.82 Å². The Morgan fingerprint density at radius 1 is 1.43 bits per heavy atom. The Morgan fingerprint density at radius 3 is 2.96 bits per heavy atom. The Kier molecular flexibility index (Phi) is 3.27. The minimum atomic E-state index is -0.672. The first-order valence-electron chi connectivity index (χ1n) is 8.36. The Balaban J connectivity index is 1.71. The van der Waals surface area contributed by atoms with Crippen LogP contribution in [0.15, 0.2) is 30.5 Å². The number of para-hydroxylation sites is 1. The van der Waals surface area contributed by atoms with Crippen LogP contribution in [-0.4, -0.2) is 21.4 Å². The zero-order chi connectivity index (χ0) is 16.0. The van der Waals surface area contributed by atoms with Crippen LogP contribution in [0.5, 0.6) is 0 Å². The zero-order valence-electron chi connectivity index (χ0n) is 13.4. The van der Waals surface area contributed by atoms with Crippen molar-refractivity contribution in [1.82, 2.24) is 9.97 Å². The molecule has 1 aliphatic heterocycles. The minimum absolute atomic E-state index is 0.0286. The summed E-state index contributed by atoms with van der Waals surface area (Å²) >= 11 is 0. The van der Waals surface area contributed by atoms with E-state index in [-0.39, 0.29) is 11.9 Å². The number of nitrogens with one attached hydrogen (secondary N) is 1. The molecule has 2 aromatic rings. The molecule has 1 saturated carbocycles. The summed E-state index contributed by atoms with van der Waals surface area (Å²) in [4.78, 5) is 22.8. The van der Waals surface area contributed by atoms with Crippen molar-refractivity contribution in [2.24, 2.45) is 5.73 Å². The Hall–Kier alpha value is -2.14. The third kappa shape index (κ3) is 2.36. The molecule has 5 nitrogen and oxygen atoms in total. The Bertz CT molecular complexity index is 747. The molecule has 1 aromatic carbocycles. The predicted octanol–water partition coefficient (Wildman–Crippen LogP) is 2.48. The molecular formula is C18H22N4O. The second-order valence-electron chi connectivity index (χ2n) is 6.72. The van der Waals surface area contributed by atoms with Crippen molar-refractivity contribution >= 4 is 11.6 Å². The van der Waals surface area contributed by atoms with Crippen LogP contribution in [0.4, 0.5) is 5.69 Å². The van der Waals surface area contributed by atoms with E-state index in [0.29, 0.717) is 0 Å². The van der Waals surface area contributed by atoms with Crippen LogP contribution in [0.2, 0.25) is 0 Å². The smallest absolute Gasteiger partial charge is 0.247 e. The number of hydrogen-bond donors (Lipinski definition) is 2. The van der Waals surface area contributed by atoms with Crippen molar-refractivity contribution in [3.63, 3.8) is 0 Å². The van der Waals surface area contributed by atoms with E-state index in [2.05, 4.69) is 23.0 Å². The molecule has 1 unspecified atom stereocenters. The number of benzene rings is 1. The van der Waals surface area contributed by atoms with Crippen molar-refractivity contribution in [2.45, 2.75) is 50.6 Å². The third-order valence-electron chi connectivity index (χ3n) is 4.89. The van der Waals surface area contributed by atoms with E-state index in [0.717, 1.165) is 49.3 Å². The molecule has 1 atom stereocenters. The number of aromatic nitrogens is 2. The van der Waals surface area contributed by atoms with Gasteiger partial charge in [0.2, 0.25) is 5.91 Å². The number of carbonyl (C=O) groups excluding carboxylic acids is 1. The molecule has 1 fully saturated rings. The lowest BCUT2D eigenvalue weighted by molar-refractivity contribution is -0.121. The highest BCUT2D eigenvalue weighted by Crippen LogP contribution is 2.44. The van der Waals surface area contributed by atoms with Gasteiger partial charge in [-0.2, -0.15) is 0 Å². The van der Waals surface area contributed by atoms with Crippen molar-refractivity contribution in [2.75, 3.05) is 4.90 Å². The fourth-order valence-electron chi connectivity index (χ4n) is 3.39. The summed E-state index contributed by atoms with van der Waals surface area (Å²) in [6.07, 6.45) is 6.27. The first-order chi connectivity index (χ1) is 11.1. The Labute approximate surface area is 135 Å². The van der Waals surface area contributed by atoms with Gasteiger partial charge in [0, 0.05) is 24.0 Å². The van der Waals surface area contributed by atoms with Crippen LogP contribution in [0.25, 0.3) is 0 Å². The van der Waals surface area contributed by atoms with E-state index in [9.17, 15) is 4.79 Å². The average Bonchev–Trinajstić information content (AvgIpc) is 3.00. The lowest BCUT2D eigenvalue weighted by atomic mass is 10.1. The summed E-state index contributed by atoms with van der Waals surface area (Å²) in [6.45, 7) is 2.15. The molecule has 1 amide bonds. The number of H-pyrrole nitrogens is 1. The van der Waals surface area contributed by atoms with Gasteiger partial charge in [-0.05, 0) is 30.9 Å². The van der Waals surface area contributed by atoms with E-state index in [1.807, 2.05) is 29.3 Å². The number of nitrogens with zero attached hydrogens (tertiary/aromatic N) is 2. The average molecular weight is 310 g/mol. The molecule has 4 rings (SSSR count). The third-order valence-corrected chi connectivity index (χ3v) is 4.89. The largest absolute Gasteiger partial charge is 0.344 e. The maximum atomic E-state index is 13.0. The highest BCUT2D eigenvalue weighted by Gasteiger charge is 2.51. The predicted molar refractivity (Wildman–Crippen MR) is 89.1 cm³/mol. The van der Waals surface area contributed by atoms with Gasteiger partial charge in [-0.1, -0.05) is 31.5 Å². The van der Waals surface area contributed by atoms with Gasteiger partial charge in [0.05, 0.1) is 11.6 Å². The molecule has 3 N–H and O–H groups in total. The molecule has 23 heavy (non-hydrogen) atoms. The minimum Gasteiger partial charge on any atom is -0.344 e. The molecule has 5 heteroatoms. The SMILES string of the molecule is CCCc1cnc(C2Cc3ccccc3N2C(=O)C2(N)CC2)[nH]1. The van der Waals surface area contributed by atoms with Gasteiger partial charge in [0.15, 0.2) is 0 Å². The lowest BCUT2D eigenvalue weighted by Crippen LogP contribution is -2.46. The van der Waals surface area contributed by atoms with Gasteiger partial charge in [-0.25, -0.2) is 4.98 Å². The molecule has 0 spiro atoms. The van der Waals surface area contributed by atoms with E-state index in [1.165, 1.54) is 5.56 Å². The van der Waals surface area contributed by atoms with E-state index in [4.69, 9.17) is 5.73 Å². The van der Waals surface area contributed by atoms with Crippen molar-refractivity contribution < 1.29 is 4.79 Å². The monoisotopic (exact) mass is 310 g/mol. The summed E-state index contributed by atoms with van der Waals surface area (Å²) in [7, 11) is 0.